The van der Waals surface area contributed by atoms with Gasteiger partial charge in [0.2, 0.25) is 5.91 Å². The number of primary amides is 1. The van der Waals surface area contributed by atoms with E-state index in [2.05, 4.69) is 26.1 Å². The Balaban J connectivity index is 2.31. The topological polar surface area (TPSA) is 55.1 Å². The first-order valence-electron chi connectivity index (χ1n) is 5.08. The summed E-state index contributed by atoms with van der Waals surface area (Å²) in [5.41, 5.74) is 5.33. The quantitative estimate of drug-likeness (QED) is 0.724. The second-order valence-corrected chi connectivity index (χ2v) is 6.67. The molecule has 1 unspecified atom stereocenters. The van der Waals surface area contributed by atoms with Crippen LogP contribution in [0.4, 0.5) is 0 Å². The molecule has 0 spiro atoms. The van der Waals surface area contributed by atoms with Crippen molar-refractivity contribution in [1.82, 2.24) is 5.32 Å². The molecule has 0 bridgehead atoms. The van der Waals surface area contributed by atoms with Crippen LogP contribution in [0, 0.1) is 0 Å². The van der Waals surface area contributed by atoms with E-state index in [1.54, 1.807) is 11.8 Å². The van der Waals surface area contributed by atoms with Gasteiger partial charge in [-0.05, 0) is 12.8 Å². The average Bonchev–Trinajstić information content (AvgIpc) is 2.78. The van der Waals surface area contributed by atoms with Gasteiger partial charge in [-0.3, -0.25) is 4.79 Å². The molecule has 1 aliphatic rings. The molecule has 1 fully saturated rings. The lowest BCUT2D eigenvalue weighted by atomic mass is 10.3. The van der Waals surface area contributed by atoms with E-state index >= 15 is 0 Å². The molecule has 1 atom stereocenters. The Kier molecular flexibility index (Phi) is 3.84. The Hall–Kier alpha value is -0.220. The molecule has 1 saturated carbocycles. The molecule has 3 N–H and O–H groups in total. The molecule has 1 amide bonds. The Morgan fingerprint density at radius 2 is 2.14 bits per heavy atom. The third kappa shape index (κ3) is 4.86. The number of hydrogen-bond acceptors (Lipinski definition) is 3. The average molecular weight is 216 g/mol. The van der Waals surface area contributed by atoms with Crippen molar-refractivity contribution in [2.45, 2.75) is 50.4 Å². The minimum Gasteiger partial charge on any atom is -0.368 e. The van der Waals surface area contributed by atoms with Crippen LogP contribution < -0.4 is 11.1 Å². The summed E-state index contributed by atoms with van der Waals surface area (Å²) in [4.78, 5) is 11.1. The summed E-state index contributed by atoms with van der Waals surface area (Å²) in [7, 11) is 0. The Bertz CT molecular complexity index is 209. The summed E-state index contributed by atoms with van der Waals surface area (Å²) >= 11 is 1.78. The number of nitrogens with one attached hydrogen (secondary N) is 1. The van der Waals surface area contributed by atoms with Gasteiger partial charge in [-0.15, -0.1) is 0 Å². The van der Waals surface area contributed by atoms with Crippen LogP contribution in [-0.2, 0) is 4.79 Å². The molecule has 0 aromatic heterocycles. The Labute approximate surface area is 90.2 Å². The van der Waals surface area contributed by atoms with Crippen LogP contribution in [0.15, 0.2) is 0 Å². The van der Waals surface area contributed by atoms with E-state index in [9.17, 15) is 4.79 Å². The van der Waals surface area contributed by atoms with Crippen molar-refractivity contribution in [2.24, 2.45) is 5.73 Å². The van der Waals surface area contributed by atoms with Gasteiger partial charge in [0.25, 0.3) is 0 Å². The predicted octanol–water partition coefficient (Wildman–Crippen LogP) is 1.12. The zero-order valence-electron chi connectivity index (χ0n) is 9.17. The van der Waals surface area contributed by atoms with E-state index in [-0.39, 0.29) is 16.7 Å². The standard InChI is InChI=1S/C10H20N2OS/c1-10(2,3)14-6-8(9(11)13)12-7-4-5-7/h7-8,12H,4-6H2,1-3H3,(H2,11,13). The lowest BCUT2D eigenvalue weighted by Crippen LogP contribution is -2.44. The van der Waals surface area contributed by atoms with Gasteiger partial charge < -0.3 is 11.1 Å². The number of thioether (sulfide) groups is 1. The largest absolute Gasteiger partial charge is 0.368 e. The number of carbonyl (C=O) groups excluding carboxylic acids is 1. The minimum atomic E-state index is -0.228. The lowest BCUT2D eigenvalue weighted by molar-refractivity contribution is -0.119. The molecule has 0 radical (unpaired) electrons. The summed E-state index contributed by atoms with van der Waals surface area (Å²) in [5, 5.41) is 3.27. The first-order chi connectivity index (χ1) is 6.38. The molecule has 1 rings (SSSR count). The van der Waals surface area contributed by atoms with Crippen molar-refractivity contribution in [3.63, 3.8) is 0 Å². The van der Waals surface area contributed by atoms with Crippen LogP contribution in [0.5, 0.6) is 0 Å². The summed E-state index contributed by atoms with van der Waals surface area (Å²) in [6, 6.07) is 0.375. The summed E-state index contributed by atoms with van der Waals surface area (Å²) in [5.74, 6) is 0.545. The molecular weight excluding hydrogens is 196 g/mol. The fraction of sp³-hybridized carbons (Fsp3) is 0.900. The van der Waals surface area contributed by atoms with Gasteiger partial charge in [0.1, 0.15) is 0 Å². The SMILES string of the molecule is CC(C)(C)SCC(NC1CC1)C(N)=O. The van der Waals surface area contributed by atoms with E-state index in [0.717, 1.165) is 5.75 Å². The van der Waals surface area contributed by atoms with Gasteiger partial charge in [0.05, 0.1) is 6.04 Å². The fourth-order valence-electron chi connectivity index (χ4n) is 1.08. The highest BCUT2D eigenvalue weighted by Gasteiger charge is 2.28. The summed E-state index contributed by atoms with van der Waals surface area (Å²) < 4.78 is 0.193. The van der Waals surface area contributed by atoms with Gasteiger partial charge in [-0.1, -0.05) is 20.8 Å². The number of rotatable bonds is 5. The van der Waals surface area contributed by atoms with Gasteiger partial charge in [0.15, 0.2) is 0 Å². The zero-order valence-corrected chi connectivity index (χ0v) is 9.99. The van der Waals surface area contributed by atoms with Crippen molar-refractivity contribution in [3.8, 4) is 0 Å². The van der Waals surface area contributed by atoms with Crippen LogP contribution in [0.3, 0.4) is 0 Å². The van der Waals surface area contributed by atoms with E-state index in [1.165, 1.54) is 12.8 Å². The lowest BCUT2D eigenvalue weighted by Gasteiger charge is -2.21. The highest BCUT2D eigenvalue weighted by atomic mass is 32.2. The smallest absolute Gasteiger partial charge is 0.235 e. The maximum atomic E-state index is 11.1. The van der Waals surface area contributed by atoms with Gasteiger partial charge in [-0.2, -0.15) is 11.8 Å². The number of amides is 1. The third-order valence-electron chi connectivity index (χ3n) is 2.04. The minimum absolute atomic E-state index is 0.160. The monoisotopic (exact) mass is 216 g/mol. The van der Waals surface area contributed by atoms with E-state index in [1.807, 2.05) is 0 Å². The maximum Gasteiger partial charge on any atom is 0.235 e. The Morgan fingerprint density at radius 1 is 1.57 bits per heavy atom. The third-order valence-corrected chi connectivity index (χ3v) is 3.41. The van der Waals surface area contributed by atoms with Crippen molar-refractivity contribution in [2.75, 3.05) is 5.75 Å². The molecule has 82 valence electrons. The molecule has 0 saturated heterocycles. The second kappa shape index (κ2) is 4.53. The molecule has 1 aliphatic carbocycles. The normalized spacial score (nSPS) is 19.4. The molecule has 0 heterocycles. The zero-order chi connectivity index (χ0) is 10.8. The van der Waals surface area contributed by atoms with Crippen molar-refractivity contribution in [1.29, 1.82) is 0 Å². The molecule has 3 nitrogen and oxygen atoms in total. The summed E-state index contributed by atoms with van der Waals surface area (Å²) in [6.45, 7) is 6.44. The fourth-order valence-corrected chi connectivity index (χ4v) is 2.01. The van der Waals surface area contributed by atoms with Crippen LogP contribution in [0.25, 0.3) is 0 Å². The highest BCUT2D eigenvalue weighted by Crippen LogP contribution is 2.25. The maximum absolute atomic E-state index is 11.1. The van der Waals surface area contributed by atoms with E-state index < -0.39 is 0 Å². The van der Waals surface area contributed by atoms with Crippen LogP contribution in [0.2, 0.25) is 0 Å². The number of carbonyl (C=O) groups is 1. The van der Waals surface area contributed by atoms with Crippen molar-refractivity contribution < 1.29 is 4.79 Å². The van der Waals surface area contributed by atoms with Crippen LogP contribution in [-0.4, -0.2) is 28.5 Å². The molecule has 0 aromatic rings. The molecular formula is C10H20N2OS. The molecule has 0 aromatic carbocycles. The predicted molar refractivity (Wildman–Crippen MR) is 61.4 cm³/mol. The number of nitrogens with two attached hydrogens (primary N) is 1. The van der Waals surface area contributed by atoms with Crippen LogP contribution >= 0.6 is 11.8 Å². The van der Waals surface area contributed by atoms with Crippen LogP contribution in [0.1, 0.15) is 33.6 Å². The molecule has 14 heavy (non-hydrogen) atoms. The van der Waals surface area contributed by atoms with Gasteiger partial charge >= 0.3 is 0 Å². The summed E-state index contributed by atoms with van der Waals surface area (Å²) in [6.07, 6.45) is 2.37. The number of hydrogen-bond donors (Lipinski definition) is 2. The van der Waals surface area contributed by atoms with Crippen molar-refractivity contribution >= 4 is 17.7 Å². The Morgan fingerprint density at radius 3 is 2.50 bits per heavy atom. The molecule has 0 aliphatic heterocycles. The van der Waals surface area contributed by atoms with E-state index in [0.29, 0.717) is 6.04 Å². The molecule has 4 heteroatoms. The van der Waals surface area contributed by atoms with Gasteiger partial charge in [-0.25, -0.2) is 0 Å². The first kappa shape index (κ1) is 11.9. The van der Waals surface area contributed by atoms with Crippen molar-refractivity contribution in [3.05, 3.63) is 0 Å². The second-order valence-electron chi connectivity index (χ2n) is 4.82. The highest BCUT2D eigenvalue weighted by molar-refractivity contribution is 8.00. The van der Waals surface area contributed by atoms with E-state index in [4.69, 9.17) is 5.73 Å². The first-order valence-corrected chi connectivity index (χ1v) is 6.06. The van der Waals surface area contributed by atoms with Gasteiger partial charge in [0, 0.05) is 16.5 Å².